The van der Waals surface area contributed by atoms with Crippen molar-refractivity contribution in [3.63, 3.8) is 0 Å². The van der Waals surface area contributed by atoms with Gasteiger partial charge in [0.25, 0.3) is 5.91 Å². The molecule has 0 saturated carbocycles. The molecule has 1 aromatic carbocycles. The van der Waals surface area contributed by atoms with Crippen LogP contribution in [0.2, 0.25) is 0 Å². The number of carbonyl (C=O) groups is 1. The van der Waals surface area contributed by atoms with Gasteiger partial charge in [0, 0.05) is 35.9 Å². The summed E-state index contributed by atoms with van der Waals surface area (Å²) < 4.78 is 43.0. The topological polar surface area (TPSA) is 96.0 Å². The van der Waals surface area contributed by atoms with Crippen LogP contribution in [0.1, 0.15) is 23.7 Å². The fourth-order valence-electron chi connectivity index (χ4n) is 2.20. The SMILES string of the molecule is CCOCCOCCN(CCCS(=O)(=O)[O-])C(=O)c1ccc(SC)cc1.[Na+]. The Balaban J connectivity index is 0.00000676. The zero-order chi connectivity index (χ0) is 19.4. The first-order valence-corrected chi connectivity index (χ1v) is 11.2. The summed E-state index contributed by atoms with van der Waals surface area (Å²) in [6, 6.07) is 7.19. The number of hydrogen-bond donors (Lipinski definition) is 0. The number of carbonyl (C=O) groups excluding carboxylic acids is 1. The van der Waals surface area contributed by atoms with Gasteiger partial charge in [-0.3, -0.25) is 4.79 Å². The predicted octanol–water partition coefficient (Wildman–Crippen LogP) is -1.16. The zero-order valence-electron chi connectivity index (χ0n) is 16.2. The number of amides is 1. The second kappa shape index (κ2) is 14.8. The van der Waals surface area contributed by atoms with E-state index in [1.54, 1.807) is 23.9 Å². The molecule has 0 heterocycles. The molecule has 27 heavy (non-hydrogen) atoms. The third-order valence-corrected chi connectivity index (χ3v) is 5.06. The molecule has 0 aromatic heterocycles. The molecule has 0 radical (unpaired) electrons. The number of nitrogens with zero attached hydrogens (tertiary/aromatic N) is 1. The summed E-state index contributed by atoms with van der Waals surface area (Å²) in [5.74, 6) is -0.706. The van der Waals surface area contributed by atoms with Gasteiger partial charge in [-0.25, -0.2) is 8.42 Å². The van der Waals surface area contributed by atoms with Crippen LogP contribution in [0.15, 0.2) is 29.2 Å². The molecule has 10 heteroatoms. The average Bonchev–Trinajstić information content (AvgIpc) is 2.61. The first kappa shape index (κ1) is 26.9. The van der Waals surface area contributed by atoms with Crippen molar-refractivity contribution in [2.24, 2.45) is 0 Å². The van der Waals surface area contributed by atoms with Crippen LogP contribution in [-0.2, 0) is 19.6 Å². The second-order valence-corrected chi connectivity index (χ2v) is 7.85. The molecule has 0 aliphatic rings. The molecule has 1 rings (SSSR count). The molecular formula is C17H26NNaO6S2. The van der Waals surface area contributed by atoms with E-state index in [1.807, 2.05) is 25.3 Å². The normalized spacial score (nSPS) is 11.1. The first-order chi connectivity index (χ1) is 12.4. The number of rotatable bonds is 13. The van der Waals surface area contributed by atoms with Gasteiger partial charge < -0.3 is 18.9 Å². The maximum Gasteiger partial charge on any atom is 1.00 e. The van der Waals surface area contributed by atoms with Crippen molar-refractivity contribution in [2.75, 3.05) is 51.5 Å². The Hall–Kier alpha value is -0.130. The Bertz CT molecular complexity index is 639. The molecule has 0 atom stereocenters. The van der Waals surface area contributed by atoms with Crippen LogP contribution >= 0.6 is 11.8 Å². The standard InChI is InChI=1S/C17H27NO6S2.Na/c1-3-23-12-13-24-11-10-18(9-4-14-26(20,21)22)17(19)15-5-7-16(25-2)8-6-15;/h5-8H,3-4,9-14H2,1-2H3,(H,20,21,22);/q;+1/p-1. The number of hydrogen-bond acceptors (Lipinski definition) is 7. The Morgan fingerprint density at radius 3 is 2.30 bits per heavy atom. The minimum atomic E-state index is -4.29. The fourth-order valence-corrected chi connectivity index (χ4v) is 3.09. The van der Waals surface area contributed by atoms with Crippen molar-refractivity contribution in [3.05, 3.63) is 29.8 Å². The summed E-state index contributed by atoms with van der Waals surface area (Å²) in [6.45, 7) is 4.22. The van der Waals surface area contributed by atoms with Crippen LogP contribution in [-0.4, -0.2) is 75.3 Å². The van der Waals surface area contributed by atoms with Crippen molar-refractivity contribution >= 4 is 27.8 Å². The number of thioether (sulfide) groups is 1. The van der Waals surface area contributed by atoms with Crippen molar-refractivity contribution in [1.29, 1.82) is 0 Å². The summed E-state index contributed by atoms with van der Waals surface area (Å²) in [4.78, 5) is 15.2. The zero-order valence-corrected chi connectivity index (χ0v) is 19.8. The molecule has 0 N–H and O–H groups in total. The molecule has 0 bridgehead atoms. The van der Waals surface area contributed by atoms with Gasteiger partial charge in [0.1, 0.15) is 0 Å². The van der Waals surface area contributed by atoms with Crippen molar-refractivity contribution < 1.29 is 56.8 Å². The molecule has 0 unspecified atom stereocenters. The van der Waals surface area contributed by atoms with Crippen LogP contribution < -0.4 is 29.6 Å². The van der Waals surface area contributed by atoms with E-state index < -0.39 is 15.9 Å². The molecule has 1 amide bonds. The van der Waals surface area contributed by atoms with E-state index in [0.29, 0.717) is 38.5 Å². The first-order valence-electron chi connectivity index (χ1n) is 8.39. The van der Waals surface area contributed by atoms with E-state index in [9.17, 15) is 17.8 Å². The van der Waals surface area contributed by atoms with E-state index in [4.69, 9.17) is 9.47 Å². The van der Waals surface area contributed by atoms with Crippen molar-refractivity contribution in [1.82, 2.24) is 4.90 Å². The van der Waals surface area contributed by atoms with Crippen LogP contribution in [0, 0.1) is 0 Å². The molecule has 0 aliphatic heterocycles. The summed E-state index contributed by atoms with van der Waals surface area (Å²) >= 11 is 1.58. The molecule has 0 spiro atoms. The number of benzene rings is 1. The van der Waals surface area contributed by atoms with E-state index in [-0.39, 0.29) is 48.4 Å². The van der Waals surface area contributed by atoms with Crippen LogP contribution in [0.4, 0.5) is 0 Å². The molecule has 148 valence electrons. The molecule has 0 aliphatic carbocycles. The quantitative estimate of drug-likeness (QED) is 0.170. The van der Waals surface area contributed by atoms with Crippen LogP contribution in [0.5, 0.6) is 0 Å². The van der Waals surface area contributed by atoms with Gasteiger partial charge in [0.05, 0.1) is 29.9 Å². The summed E-state index contributed by atoms with van der Waals surface area (Å²) in [5, 5.41) is 0. The smallest absolute Gasteiger partial charge is 0.748 e. The van der Waals surface area contributed by atoms with Gasteiger partial charge in [-0.1, -0.05) is 0 Å². The Labute approximate surface area is 188 Å². The number of ether oxygens (including phenoxy) is 2. The van der Waals surface area contributed by atoms with E-state index in [1.165, 1.54) is 4.90 Å². The average molecular weight is 428 g/mol. The monoisotopic (exact) mass is 427 g/mol. The third-order valence-electron chi connectivity index (χ3n) is 3.53. The van der Waals surface area contributed by atoms with Crippen LogP contribution in [0.25, 0.3) is 0 Å². The van der Waals surface area contributed by atoms with Gasteiger partial charge in [0.2, 0.25) is 0 Å². The Kier molecular flexibility index (Phi) is 14.7. The van der Waals surface area contributed by atoms with Gasteiger partial charge in [-0.2, -0.15) is 0 Å². The third kappa shape index (κ3) is 12.1. The largest absolute Gasteiger partial charge is 1.00 e. The molecule has 1 aromatic rings. The molecule has 0 saturated heterocycles. The minimum Gasteiger partial charge on any atom is -0.748 e. The van der Waals surface area contributed by atoms with Gasteiger partial charge in [-0.15, -0.1) is 11.8 Å². The second-order valence-electron chi connectivity index (χ2n) is 5.45. The fraction of sp³-hybridized carbons (Fsp3) is 0.588. The summed E-state index contributed by atoms with van der Waals surface area (Å²) in [6.07, 6.45) is 2.05. The van der Waals surface area contributed by atoms with Crippen LogP contribution in [0.3, 0.4) is 0 Å². The maximum absolute atomic E-state index is 12.7. The van der Waals surface area contributed by atoms with Gasteiger partial charge in [0.15, 0.2) is 0 Å². The van der Waals surface area contributed by atoms with Crippen molar-refractivity contribution in [3.8, 4) is 0 Å². The summed E-state index contributed by atoms with van der Waals surface area (Å²) in [7, 11) is -4.29. The Morgan fingerprint density at radius 2 is 1.74 bits per heavy atom. The van der Waals surface area contributed by atoms with E-state index >= 15 is 0 Å². The van der Waals surface area contributed by atoms with E-state index in [2.05, 4.69) is 0 Å². The van der Waals surface area contributed by atoms with E-state index in [0.717, 1.165) is 4.90 Å². The van der Waals surface area contributed by atoms with Gasteiger partial charge in [-0.05, 0) is 43.9 Å². The maximum atomic E-state index is 12.7. The molecule has 7 nitrogen and oxygen atoms in total. The summed E-state index contributed by atoms with van der Waals surface area (Å²) in [5.41, 5.74) is 0.516. The van der Waals surface area contributed by atoms with Crippen molar-refractivity contribution in [2.45, 2.75) is 18.2 Å². The molecular weight excluding hydrogens is 401 g/mol. The van der Waals surface area contributed by atoms with Gasteiger partial charge >= 0.3 is 29.6 Å². The predicted molar refractivity (Wildman–Crippen MR) is 101 cm³/mol. The Morgan fingerprint density at radius 1 is 1.11 bits per heavy atom. The minimum absolute atomic E-state index is 0. The molecule has 0 fully saturated rings.